The normalized spacial score (nSPS) is 14.1. The van der Waals surface area contributed by atoms with Gasteiger partial charge in [0.15, 0.2) is 0 Å². The van der Waals surface area contributed by atoms with Gasteiger partial charge in [0.1, 0.15) is 5.82 Å². The first-order valence-electron chi connectivity index (χ1n) is 5.26. The van der Waals surface area contributed by atoms with Crippen LogP contribution in [-0.2, 0) is 0 Å². The number of halogens is 2. The van der Waals surface area contributed by atoms with E-state index in [4.69, 9.17) is 5.73 Å². The molecule has 0 fully saturated rings. The molecule has 2 nitrogen and oxygen atoms in total. The molecule has 1 rings (SSSR count). The summed E-state index contributed by atoms with van der Waals surface area (Å²) in [6, 6.07) is 4.29. The van der Waals surface area contributed by atoms with E-state index >= 15 is 0 Å². The number of aliphatic hydroxyl groups excluding tert-OH is 1. The lowest BCUT2D eigenvalue weighted by atomic mass is 9.95. The van der Waals surface area contributed by atoms with Gasteiger partial charge in [-0.25, -0.2) is 4.39 Å². The molecule has 0 aliphatic heterocycles. The van der Waals surface area contributed by atoms with Crippen molar-refractivity contribution in [2.24, 2.45) is 5.73 Å². The fourth-order valence-corrected chi connectivity index (χ4v) is 1.67. The Bertz CT molecular complexity index is 333. The Morgan fingerprint density at radius 3 is 2.62 bits per heavy atom. The number of aliphatic hydroxyl groups is 1. The second kappa shape index (κ2) is 6.84. The van der Waals surface area contributed by atoms with Crippen molar-refractivity contribution >= 4 is 12.4 Å². The summed E-state index contributed by atoms with van der Waals surface area (Å²) in [6.07, 6.45) is 0.899. The van der Waals surface area contributed by atoms with Gasteiger partial charge in [-0.2, -0.15) is 0 Å². The molecule has 0 unspecified atom stereocenters. The maximum atomic E-state index is 13.3. The summed E-state index contributed by atoms with van der Waals surface area (Å²) in [5.74, 6) is -0.272. The third kappa shape index (κ3) is 3.44. The lowest BCUT2D eigenvalue weighted by molar-refractivity contribution is 0.134. The topological polar surface area (TPSA) is 46.2 Å². The number of rotatable bonds is 4. The summed E-state index contributed by atoms with van der Waals surface area (Å²) in [6.45, 7) is 3.66. The highest BCUT2D eigenvalue weighted by molar-refractivity contribution is 5.85. The summed E-state index contributed by atoms with van der Waals surface area (Å²) in [7, 11) is 0. The lowest BCUT2D eigenvalue weighted by Gasteiger charge is -2.20. The van der Waals surface area contributed by atoms with E-state index in [1.165, 1.54) is 6.07 Å². The van der Waals surface area contributed by atoms with E-state index in [2.05, 4.69) is 0 Å². The van der Waals surface area contributed by atoms with Gasteiger partial charge >= 0.3 is 0 Å². The molecule has 2 atom stereocenters. The molecule has 0 aliphatic rings. The molecule has 0 aromatic heterocycles. The summed E-state index contributed by atoms with van der Waals surface area (Å²) >= 11 is 0. The van der Waals surface area contributed by atoms with Gasteiger partial charge in [0.25, 0.3) is 0 Å². The second-order valence-electron chi connectivity index (χ2n) is 3.84. The Hall–Kier alpha value is -0.640. The fraction of sp³-hybridized carbons (Fsp3) is 0.500. The van der Waals surface area contributed by atoms with E-state index in [9.17, 15) is 9.50 Å². The molecule has 4 heteroatoms. The molecule has 1 aromatic rings. The Kier molecular flexibility index (Phi) is 6.56. The minimum atomic E-state index is -0.601. The molecule has 0 spiro atoms. The third-order valence-corrected chi connectivity index (χ3v) is 2.67. The average Bonchev–Trinajstić information content (AvgIpc) is 2.21. The van der Waals surface area contributed by atoms with Crippen molar-refractivity contribution in [1.82, 2.24) is 0 Å². The highest BCUT2D eigenvalue weighted by Crippen LogP contribution is 2.22. The highest BCUT2D eigenvalue weighted by Gasteiger charge is 2.18. The Morgan fingerprint density at radius 1 is 1.44 bits per heavy atom. The van der Waals surface area contributed by atoms with Crippen LogP contribution >= 0.6 is 12.4 Å². The summed E-state index contributed by atoms with van der Waals surface area (Å²) in [5, 5.41) is 9.74. The van der Waals surface area contributed by atoms with Crippen molar-refractivity contribution in [3.63, 3.8) is 0 Å². The highest BCUT2D eigenvalue weighted by atomic mass is 35.5. The van der Waals surface area contributed by atoms with Crippen molar-refractivity contribution in [3.8, 4) is 0 Å². The van der Waals surface area contributed by atoms with Gasteiger partial charge < -0.3 is 10.8 Å². The molecule has 1 aromatic carbocycles. The first-order valence-corrected chi connectivity index (χ1v) is 5.26. The van der Waals surface area contributed by atoms with Crippen LogP contribution in [-0.4, -0.2) is 11.2 Å². The number of hydrogen-bond acceptors (Lipinski definition) is 2. The standard InChI is InChI=1S/C12H18FNO.ClH/c1-3-5-11(15)12(14)9-6-4-7-10(13)8(9)2;/h4,6-7,11-12,15H,3,5,14H2,1-2H3;1H/t11-,12+;/m0./s1. The number of hydrogen-bond donors (Lipinski definition) is 2. The van der Waals surface area contributed by atoms with Crippen LogP contribution in [0.2, 0.25) is 0 Å². The minimum Gasteiger partial charge on any atom is -0.391 e. The SMILES string of the molecule is CCC[C@H](O)[C@H](N)c1cccc(F)c1C.Cl. The predicted molar refractivity (Wildman–Crippen MR) is 66.2 cm³/mol. The van der Waals surface area contributed by atoms with Crippen LogP contribution in [0.15, 0.2) is 18.2 Å². The van der Waals surface area contributed by atoms with E-state index in [-0.39, 0.29) is 18.2 Å². The largest absolute Gasteiger partial charge is 0.391 e. The molecule has 0 saturated carbocycles. The van der Waals surface area contributed by atoms with E-state index in [1.54, 1.807) is 19.1 Å². The second-order valence-corrected chi connectivity index (χ2v) is 3.84. The summed E-state index contributed by atoms with van der Waals surface area (Å²) < 4.78 is 13.3. The van der Waals surface area contributed by atoms with Crippen molar-refractivity contribution in [3.05, 3.63) is 35.1 Å². The van der Waals surface area contributed by atoms with E-state index < -0.39 is 12.1 Å². The monoisotopic (exact) mass is 247 g/mol. The Morgan fingerprint density at radius 2 is 2.06 bits per heavy atom. The van der Waals surface area contributed by atoms with Crippen molar-refractivity contribution in [2.75, 3.05) is 0 Å². The quantitative estimate of drug-likeness (QED) is 0.860. The first kappa shape index (κ1) is 15.4. The first-order chi connectivity index (χ1) is 7.07. The predicted octanol–water partition coefficient (Wildman–Crippen LogP) is 2.72. The summed E-state index contributed by atoms with van der Waals surface area (Å²) in [4.78, 5) is 0. The van der Waals surface area contributed by atoms with Gasteiger partial charge in [-0.1, -0.05) is 25.5 Å². The molecule has 0 heterocycles. The molecule has 16 heavy (non-hydrogen) atoms. The maximum absolute atomic E-state index is 13.3. The van der Waals surface area contributed by atoms with Crippen molar-refractivity contribution < 1.29 is 9.50 Å². The van der Waals surface area contributed by atoms with Crippen LogP contribution in [0.25, 0.3) is 0 Å². The zero-order chi connectivity index (χ0) is 11.4. The molecule has 0 saturated heterocycles. The molecule has 0 bridgehead atoms. The zero-order valence-electron chi connectivity index (χ0n) is 9.61. The molecular formula is C12H19ClFNO. The van der Waals surface area contributed by atoms with Gasteiger partial charge in [0.05, 0.1) is 12.1 Å². The summed E-state index contributed by atoms with van der Waals surface area (Å²) in [5.41, 5.74) is 7.10. The molecule has 0 amide bonds. The van der Waals surface area contributed by atoms with Gasteiger partial charge in [0.2, 0.25) is 0 Å². The number of benzene rings is 1. The molecular weight excluding hydrogens is 229 g/mol. The van der Waals surface area contributed by atoms with E-state index in [0.29, 0.717) is 17.5 Å². The van der Waals surface area contributed by atoms with Gasteiger partial charge in [0, 0.05) is 0 Å². The van der Waals surface area contributed by atoms with E-state index in [1.807, 2.05) is 6.92 Å². The van der Waals surface area contributed by atoms with Crippen LogP contribution in [0.3, 0.4) is 0 Å². The molecule has 0 radical (unpaired) electrons. The minimum absolute atomic E-state index is 0. The number of nitrogens with two attached hydrogens (primary N) is 1. The smallest absolute Gasteiger partial charge is 0.126 e. The van der Waals surface area contributed by atoms with Gasteiger partial charge in [-0.05, 0) is 30.5 Å². The molecule has 3 N–H and O–H groups in total. The van der Waals surface area contributed by atoms with Crippen LogP contribution in [0, 0.1) is 12.7 Å². The van der Waals surface area contributed by atoms with Crippen LogP contribution in [0.5, 0.6) is 0 Å². The Labute approximate surface area is 102 Å². The van der Waals surface area contributed by atoms with Gasteiger partial charge in [-0.3, -0.25) is 0 Å². The zero-order valence-corrected chi connectivity index (χ0v) is 10.4. The van der Waals surface area contributed by atoms with Crippen LogP contribution in [0.1, 0.15) is 36.9 Å². The van der Waals surface area contributed by atoms with E-state index in [0.717, 1.165) is 6.42 Å². The average molecular weight is 248 g/mol. The molecule has 92 valence electrons. The third-order valence-electron chi connectivity index (χ3n) is 2.67. The van der Waals surface area contributed by atoms with Crippen molar-refractivity contribution in [1.29, 1.82) is 0 Å². The maximum Gasteiger partial charge on any atom is 0.126 e. The van der Waals surface area contributed by atoms with Crippen LogP contribution < -0.4 is 5.73 Å². The molecule has 0 aliphatic carbocycles. The van der Waals surface area contributed by atoms with Crippen molar-refractivity contribution in [2.45, 2.75) is 38.8 Å². The van der Waals surface area contributed by atoms with Crippen LogP contribution in [0.4, 0.5) is 4.39 Å². The Balaban J connectivity index is 0.00000225. The van der Waals surface area contributed by atoms with Gasteiger partial charge in [-0.15, -0.1) is 12.4 Å². The lowest BCUT2D eigenvalue weighted by Crippen LogP contribution is -2.26. The fourth-order valence-electron chi connectivity index (χ4n) is 1.67.